The summed E-state index contributed by atoms with van der Waals surface area (Å²) in [7, 11) is -3.83. The van der Waals surface area contributed by atoms with Gasteiger partial charge in [0.05, 0.1) is 23.3 Å². The van der Waals surface area contributed by atoms with Crippen LogP contribution in [0, 0.1) is 5.41 Å². The second kappa shape index (κ2) is 8.78. The molecule has 1 aromatic carbocycles. The van der Waals surface area contributed by atoms with Gasteiger partial charge in [0.2, 0.25) is 11.8 Å². The lowest BCUT2D eigenvalue weighted by Crippen LogP contribution is -2.27. The highest BCUT2D eigenvalue weighted by molar-refractivity contribution is 7.66. The molecule has 0 aliphatic carbocycles. The van der Waals surface area contributed by atoms with Gasteiger partial charge in [-0.2, -0.15) is 4.76 Å². The molecule has 1 aliphatic rings. The van der Waals surface area contributed by atoms with Crippen LogP contribution in [0.3, 0.4) is 0 Å². The predicted octanol–water partition coefficient (Wildman–Crippen LogP) is 4.46. The minimum absolute atomic E-state index is 0.00396. The fourth-order valence-corrected chi connectivity index (χ4v) is 5.79. The lowest BCUT2D eigenvalue weighted by molar-refractivity contribution is 0.100. The minimum atomic E-state index is -3.83. The number of rotatable bonds is 6. The topological polar surface area (TPSA) is 139 Å². The third-order valence-electron chi connectivity index (χ3n) is 5.62. The largest absolute Gasteiger partial charge is 0.505 e. The summed E-state index contributed by atoms with van der Waals surface area (Å²) in [5.41, 5.74) is 6.08. The van der Waals surface area contributed by atoms with E-state index in [9.17, 15) is 19.6 Å². The highest BCUT2D eigenvalue weighted by Gasteiger charge is 2.39. The second-order valence-corrected chi connectivity index (χ2v) is 12.7. The molecular formula is C24H35N4O5P. The van der Waals surface area contributed by atoms with Crippen LogP contribution in [0.15, 0.2) is 23.0 Å². The molecule has 10 heteroatoms. The highest BCUT2D eigenvalue weighted by Crippen LogP contribution is 2.53. The average Bonchev–Trinajstić information content (AvgIpc) is 2.95. The van der Waals surface area contributed by atoms with Gasteiger partial charge in [-0.15, -0.1) is 0 Å². The standard InChI is InChI=1S/C24H35N4O5P/c1-8-33-34(32)16-13-14(20(25)30)9-10-15(16)26-21(27-34)17-18(29)19(24(5,6)7)28(22(17)31)12-11-23(2,3)4/h9-10,13,29,31H,8,11-12H2,1-7H3,(H2,25,30)(H,26,27,32). The number of aromatic hydroxyl groups is 2. The molecule has 0 saturated heterocycles. The lowest BCUT2D eigenvalue weighted by atomic mass is 9.89. The summed E-state index contributed by atoms with van der Waals surface area (Å²) in [6.45, 7) is 14.4. The maximum Gasteiger partial charge on any atom is 0.348 e. The smallest absolute Gasteiger partial charge is 0.348 e. The second-order valence-electron chi connectivity index (χ2n) is 10.7. The molecule has 1 atom stereocenters. The zero-order chi connectivity index (χ0) is 25.6. The third kappa shape index (κ3) is 4.86. The number of carbonyl (C=O) groups excluding carboxylic acids is 1. The molecule has 2 aromatic rings. The van der Waals surface area contributed by atoms with Gasteiger partial charge in [0.25, 0.3) is 0 Å². The van der Waals surface area contributed by atoms with Gasteiger partial charge < -0.3 is 30.4 Å². The normalized spacial score (nSPS) is 18.3. The highest BCUT2D eigenvalue weighted by atomic mass is 31.2. The number of nitrogens with two attached hydrogens (primary N) is 1. The number of hydrogen-bond donors (Lipinski definition) is 4. The van der Waals surface area contributed by atoms with Crippen LogP contribution in [0.5, 0.6) is 11.6 Å². The number of nitrogens with one attached hydrogen (secondary N) is 1. The number of aromatic nitrogens is 1. The van der Waals surface area contributed by atoms with Crippen molar-refractivity contribution >= 4 is 30.3 Å². The Morgan fingerprint density at radius 2 is 1.85 bits per heavy atom. The van der Waals surface area contributed by atoms with Gasteiger partial charge in [0, 0.05) is 17.5 Å². The Morgan fingerprint density at radius 1 is 1.21 bits per heavy atom. The molecule has 1 unspecified atom stereocenters. The lowest BCUT2D eigenvalue weighted by Gasteiger charge is -2.25. The number of anilines is 1. The van der Waals surface area contributed by atoms with Crippen LogP contribution >= 0.6 is 7.52 Å². The van der Waals surface area contributed by atoms with E-state index in [1.54, 1.807) is 17.6 Å². The molecule has 0 bridgehead atoms. The van der Waals surface area contributed by atoms with Crippen molar-refractivity contribution in [3.05, 3.63) is 35.0 Å². The molecule has 9 nitrogen and oxygen atoms in total. The molecule has 5 N–H and O–H groups in total. The van der Waals surface area contributed by atoms with E-state index in [0.29, 0.717) is 17.9 Å². The number of primary amides is 1. The molecule has 0 fully saturated rings. The van der Waals surface area contributed by atoms with Crippen LogP contribution in [-0.2, 0) is 21.0 Å². The number of amidine groups is 1. The van der Waals surface area contributed by atoms with E-state index in [1.165, 1.54) is 12.1 Å². The van der Waals surface area contributed by atoms with E-state index in [0.717, 1.165) is 6.42 Å². The van der Waals surface area contributed by atoms with E-state index >= 15 is 0 Å². The van der Waals surface area contributed by atoms with Gasteiger partial charge in [-0.05, 0) is 37.0 Å². The summed E-state index contributed by atoms with van der Waals surface area (Å²) in [4.78, 5) is 11.7. The van der Waals surface area contributed by atoms with E-state index in [1.807, 2.05) is 20.8 Å². The van der Waals surface area contributed by atoms with Crippen molar-refractivity contribution in [1.82, 2.24) is 4.57 Å². The van der Waals surface area contributed by atoms with Crippen molar-refractivity contribution in [3.8, 4) is 11.6 Å². The molecule has 1 aliphatic heterocycles. The predicted molar refractivity (Wildman–Crippen MR) is 135 cm³/mol. The summed E-state index contributed by atoms with van der Waals surface area (Å²) in [6, 6.07) is 4.46. The fraction of sp³-hybridized carbons (Fsp3) is 0.500. The number of amides is 1. The van der Waals surface area contributed by atoms with Crippen LogP contribution in [0.4, 0.5) is 5.69 Å². The van der Waals surface area contributed by atoms with Crippen molar-refractivity contribution in [2.45, 2.75) is 66.8 Å². The maximum absolute atomic E-state index is 13.8. The number of hydrogen-bond acceptors (Lipinski definition) is 6. The van der Waals surface area contributed by atoms with Crippen molar-refractivity contribution in [3.63, 3.8) is 0 Å². The summed E-state index contributed by atoms with van der Waals surface area (Å²) >= 11 is 0. The first-order chi connectivity index (χ1) is 15.6. The molecule has 186 valence electrons. The summed E-state index contributed by atoms with van der Waals surface area (Å²) < 4.78 is 25.4. The Morgan fingerprint density at radius 3 is 2.38 bits per heavy atom. The third-order valence-corrected chi connectivity index (χ3v) is 7.67. The Bertz CT molecular complexity index is 1200. The molecule has 1 aromatic heterocycles. The maximum atomic E-state index is 13.8. The zero-order valence-corrected chi connectivity index (χ0v) is 21.8. The van der Waals surface area contributed by atoms with Gasteiger partial charge in [0.15, 0.2) is 11.6 Å². The van der Waals surface area contributed by atoms with Gasteiger partial charge >= 0.3 is 7.52 Å². The molecule has 0 radical (unpaired) electrons. The van der Waals surface area contributed by atoms with E-state index < -0.39 is 18.8 Å². The Hall–Kier alpha value is -2.77. The fourth-order valence-electron chi connectivity index (χ4n) is 3.98. The quantitative estimate of drug-likeness (QED) is 0.441. The van der Waals surface area contributed by atoms with Gasteiger partial charge in [0.1, 0.15) is 5.56 Å². The number of nitrogens with zero attached hydrogens (tertiary/aromatic N) is 2. The molecule has 1 amide bonds. The van der Waals surface area contributed by atoms with Crippen LogP contribution in [-0.4, -0.2) is 33.1 Å². The Labute approximate surface area is 200 Å². The monoisotopic (exact) mass is 490 g/mol. The van der Waals surface area contributed by atoms with Crippen molar-refractivity contribution in [2.75, 3.05) is 11.9 Å². The minimum Gasteiger partial charge on any atom is -0.505 e. The van der Waals surface area contributed by atoms with Crippen molar-refractivity contribution < 1.29 is 24.1 Å². The molecular weight excluding hydrogens is 455 g/mol. The first kappa shape index (κ1) is 25.8. The first-order valence-corrected chi connectivity index (χ1v) is 12.9. The van der Waals surface area contributed by atoms with Crippen LogP contribution < -0.4 is 16.4 Å². The van der Waals surface area contributed by atoms with E-state index in [4.69, 9.17) is 10.3 Å². The van der Waals surface area contributed by atoms with Gasteiger partial charge in [-0.3, -0.25) is 9.36 Å². The van der Waals surface area contributed by atoms with Crippen LogP contribution in [0.1, 0.15) is 76.5 Å². The summed E-state index contributed by atoms with van der Waals surface area (Å²) in [5, 5.41) is 25.8. The van der Waals surface area contributed by atoms with E-state index in [2.05, 4.69) is 30.9 Å². The summed E-state index contributed by atoms with van der Waals surface area (Å²) in [5.74, 6) is -0.934. The van der Waals surface area contributed by atoms with E-state index in [-0.39, 0.29) is 45.9 Å². The van der Waals surface area contributed by atoms with Crippen molar-refractivity contribution in [1.29, 1.82) is 0 Å². The molecule has 34 heavy (non-hydrogen) atoms. The molecule has 0 saturated carbocycles. The first-order valence-electron chi connectivity index (χ1n) is 11.3. The SMILES string of the molecule is CCOP1(=O)N=C(c2c(O)c(C(C)(C)C)n(CCC(C)(C)C)c2O)Nc2ccc(C(N)=O)cc21. The summed E-state index contributed by atoms with van der Waals surface area (Å²) in [6.07, 6.45) is 0.757. The number of carbonyl (C=O) groups is 1. The van der Waals surface area contributed by atoms with Gasteiger partial charge in [-0.25, -0.2) is 0 Å². The molecule has 0 spiro atoms. The van der Waals surface area contributed by atoms with Gasteiger partial charge in [-0.1, -0.05) is 41.5 Å². The zero-order valence-electron chi connectivity index (χ0n) is 20.9. The van der Waals surface area contributed by atoms with Crippen molar-refractivity contribution in [2.24, 2.45) is 15.9 Å². The van der Waals surface area contributed by atoms with Crippen LogP contribution in [0.25, 0.3) is 0 Å². The Kier molecular flexibility index (Phi) is 6.68. The number of fused-ring (bicyclic) bond motifs is 1. The molecule has 3 rings (SSSR count). The number of benzene rings is 1. The van der Waals surface area contributed by atoms with Crippen LogP contribution in [0.2, 0.25) is 0 Å². The molecule has 2 heterocycles. The Balaban J connectivity index is 2.22. The average molecular weight is 491 g/mol.